The number of alkyl halides is 3. The minimum Gasteiger partial charge on any atom is -0.355 e. The number of rotatable bonds is 5. The highest BCUT2D eigenvalue weighted by atomic mass is 19.4. The third kappa shape index (κ3) is 4.59. The fraction of sp³-hybridized carbons (Fsp3) is 0.625. The van der Waals surface area contributed by atoms with Gasteiger partial charge >= 0.3 is 6.18 Å². The van der Waals surface area contributed by atoms with E-state index in [4.69, 9.17) is 0 Å². The Balaban J connectivity index is 2.07. The number of hydrogen-bond acceptors (Lipinski definition) is 4. The van der Waals surface area contributed by atoms with Crippen LogP contribution in [0, 0.1) is 5.92 Å². The molecule has 0 aliphatic carbocycles. The normalized spacial score (nSPS) is 19.9. The zero-order valence-electron chi connectivity index (χ0n) is 13.9. The summed E-state index contributed by atoms with van der Waals surface area (Å²) in [6, 6.07) is 2.45. The molecule has 1 aliphatic heterocycles. The van der Waals surface area contributed by atoms with Crippen molar-refractivity contribution in [3.63, 3.8) is 0 Å². The van der Waals surface area contributed by atoms with Gasteiger partial charge in [-0.05, 0) is 38.9 Å². The maximum atomic E-state index is 13.2. The number of nitrogens with zero attached hydrogens (tertiary/aromatic N) is 2. The maximum Gasteiger partial charge on any atom is 0.419 e. The van der Waals surface area contributed by atoms with E-state index in [1.807, 2.05) is 6.92 Å². The number of anilines is 1. The summed E-state index contributed by atoms with van der Waals surface area (Å²) in [7, 11) is 1.80. The average molecular weight is 344 g/mol. The Bertz CT molecular complexity index is 564. The first-order valence-electron chi connectivity index (χ1n) is 8.05. The molecular formula is C16H23F3N4O. The third-order valence-corrected chi connectivity index (χ3v) is 4.26. The van der Waals surface area contributed by atoms with Gasteiger partial charge in [0.25, 0.3) is 0 Å². The second-order valence-electron chi connectivity index (χ2n) is 6.09. The number of amides is 1. The Kier molecular flexibility index (Phi) is 6.04. The van der Waals surface area contributed by atoms with Crippen LogP contribution in [-0.4, -0.2) is 43.6 Å². The standard InChI is InChI=1S/C16H23F3N4O/c1-11(20-2)9-22-15(24)12-5-4-8-23(10-12)14-13(16(17,18)19)6-3-7-21-14/h3,6-7,11-12,20H,4-5,8-10H2,1-2H3,(H,22,24). The SMILES string of the molecule is CNC(C)CNC(=O)C1CCCN(c2ncccc2C(F)(F)F)C1. The third-order valence-electron chi connectivity index (χ3n) is 4.26. The lowest BCUT2D eigenvalue weighted by Gasteiger charge is -2.34. The van der Waals surface area contributed by atoms with Crippen molar-refractivity contribution in [3.8, 4) is 0 Å². The van der Waals surface area contributed by atoms with E-state index < -0.39 is 11.7 Å². The molecule has 2 N–H and O–H groups in total. The maximum absolute atomic E-state index is 13.2. The van der Waals surface area contributed by atoms with Crippen molar-refractivity contribution >= 4 is 11.7 Å². The smallest absolute Gasteiger partial charge is 0.355 e. The molecule has 134 valence electrons. The first-order valence-corrected chi connectivity index (χ1v) is 8.05. The summed E-state index contributed by atoms with van der Waals surface area (Å²) in [4.78, 5) is 17.8. The molecule has 0 radical (unpaired) electrons. The number of nitrogens with one attached hydrogen (secondary N) is 2. The van der Waals surface area contributed by atoms with E-state index in [0.717, 1.165) is 6.07 Å². The van der Waals surface area contributed by atoms with E-state index in [-0.39, 0.29) is 30.2 Å². The van der Waals surface area contributed by atoms with E-state index in [1.54, 1.807) is 11.9 Å². The highest BCUT2D eigenvalue weighted by molar-refractivity contribution is 5.79. The Morgan fingerprint density at radius 1 is 1.50 bits per heavy atom. The van der Waals surface area contributed by atoms with E-state index >= 15 is 0 Å². The number of likely N-dealkylation sites (N-methyl/N-ethyl adjacent to an activating group) is 1. The second kappa shape index (κ2) is 7.83. The molecule has 1 aliphatic rings. The lowest BCUT2D eigenvalue weighted by Crippen LogP contribution is -2.46. The molecule has 8 heteroatoms. The lowest BCUT2D eigenvalue weighted by atomic mass is 9.96. The number of carbonyl (C=O) groups excluding carboxylic acids is 1. The topological polar surface area (TPSA) is 57.3 Å². The predicted octanol–water partition coefficient (Wildman–Crippen LogP) is 2.04. The Labute approximate surface area is 139 Å². The molecule has 2 rings (SSSR count). The second-order valence-corrected chi connectivity index (χ2v) is 6.09. The molecule has 1 fully saturated rings. The fourth-order valence-electron chi connectivity index (χ4n) is 2.75. The van der Waals surface area contributed by atoms with E-state index in [9.17, 15) is 18.0 Å². The summed E-state index contributed by atoms with van der Waals surface area (Å²) in [5.41, 5.74) is -0.755. The number of carbonyl (C=O) groups is 1. The van der Waals surface area contributed by atoms with Crippen molar-refractivity contribution in [1.82, 2.24) is 15.6 Å². The molecule has 1 amide bonds. The first kappa shape index (κ1) is 18.5. The van der Waals surface area contributed by atoms with Crippen LogP contribution in [-0.2, 0) is 11.0 Å². The van der Waals surface area contributed by atoms with Crippen molar-refractivity contribution in [1.29, 1.82) is 0 Å². The highest BCUT2D eigenvalue weighted by Crippen LogP contribution is 2.36. The van der Waals surface area contributed by atoms with Crippen LogP contribution < -0.4 is 15.5 Å². The van der Waals surface area contributed by atoms with Crippen LogP contribution in [0.2, 0.25) is 0 Å². The Hall–Kier alpha value is -1.83. The van der Waals surface area contributed by atoms with E-state index in [1.165, 1.54) is 12.3 Å². The van der Waals surface area contributed by atoms with Gasteiger partial charge in [0, 0.05) is 31.9 Å². The van der Waals surface area contributed by atoms with Gasteiger partial charge in [-0.15, -0.1) is 0 Å². The van der Waals surface area contributed by atoms with Crippen molar-refractivity contribution < 1.29 is 18.0 Å². The monoisotopic (exact) mass is 344 g/mol. The van der Waals surface area contributed by atoms with Crippen LogP contribution in [0.5, 0.6) is 0 Å². The quantitative estimate of drug-likeness (QED) is 0.858. The fourth-order valence-corrected chi connectivity index (χ4v) is 2.75. The lowest BCUT2D eigenvalue weighted by molar-refractivity contribution is -0.137. The molecule has 1 aromatic rings. The molecule has 2 heterocycles. The summed E-state index contributed by atoms with van der Waals surface area (Å²) in [5.74, 6) is -0.539. The zero-order valence-corrected chi connectivity index (χ0v) is 13.9. The van der Waals surface area contributed by atoms with Gasteiger partial charge in [0.2, 0.25) is 5.91 Å². The molecular weight excluding hydrogens is 321 g/mol. The van der Waals surface area contributed by atoms with Gasteiger partial charge in [-0.1, -0.05) is 0 Å². The molecule has 1 aromatic heterocycles. The average Bonchev–Trinajstić information content (AvgIpc) is 2.58. The summed E-state index contributed by atoms with van der Waals surface area (Å²) in [6.45, 7) is 3.15. The zero-order chi connectivity index (χ0) is 17.7. The predicted molar refractivity (Wildman–Crippen MR) is 85.7 cm³/mol. The van der Waals surface area contributed by atoms with Gasteiger partial charge in [0.05, 0.1) is 11.5 Å². The van der Waals surface area contributed by atoms with Crippen molar-refractivity contribution in [3.05, 3.63) is 23.9 Å². The summed E-state index contributed by atoms with van der Waals surface area (Å²) in [5, 5.41) is 5.87. The van der Waals surface area contributed by atoms with Crippen LogP contribution in [0.25, 0.3) is 0 Å². The van der Waals surface area contributed by atoms with Crippen LogP contribution in [0.4, 0.5) is 19.0 Å². The number of halogens is 3. The van der Waals surface area contributed by atoms with Crippen LogP contribution >= 0.6 is 0 Å². The molecule has 2 atom stereocenters. The summed E-state index contributed by atoms with van der Waals surface area (Å²) in [6.07, 6.45) is -1.78. The van der Waals surface area contributed by atoms with E-state index in [2.05, 4.69) is 15.6 Å². The molecule has 1 saturated heterocycles. The van der Waals surface area contributed by atoms with Crippen molar-refractivity contribution in [2.24, 2.45) is 5.92 Å². The molecule has 2 unspecified atom stereocenters. The van der Waals surface area contributed by atoms with Gasteiger partial charge in [0.1, 0.15) is 5.82 Å². The molecule has 0 saturated carbocycles. The molecule has 0 aromatic carbocycles. The van der Waals surface area contributed by atoms with Crippen LogP contribution in [0.1, 0.15) is 25.3 Å². The minimum absolute atomic E-state index is 0.0916. The van der Waals surface area contributed by atoms with Gasteiger partial charge < -0.3 is 15.5 Å². The number of aromatic nitrogens is 1. The number of piperidine rings is 1. The van der Waals surface area contributed by atoms with Crippen LogP contribution in [0.15, 0.2) is 18.3 Å². The molecule has 24 heavy (non-hydrogen) atoms. The molecule has 0 bridgehead atoms. The molecule has 0 spiro atoms. The van der Waals surface area contributed by atoms with Crippen molar-refractivity contribution in [2.45, 2.75) is 32.0 Å². The Morgan fingerprint density at radius 2 is 2.25 bits per heavy atom. The van der Waals surface area contributed by atoms with Gasteiger partial charge in [-0.3, -0.25) is 4.79 Å². The van der Waals surface area contributed by atoms with Gasteiger partial charge in [-0.25, -0.2) is 4.98 Å². The van der Waals surface area contributed by atoms with Gasteiger partial charge in [0.15, 0.2) is 0 Å². The molecule has 5 nitrogen and oxygen atoms in total. The Morgan fingerprint density at radius 3 is 2.92 bits per heavy atom. The largest absolute Gasteiger partial charge is 0.419 e. The van der Waals surface area contributed by atoms with Gasteiger partial charge in [-0.2, -0.15) is 13.2 Å². The van der Waals surface area contributed by atoms with Crippen molar-refractivity contribution in [2.75, 3.05) is 31.6 Å². The highest BCUT2D eigenvalue weighted by Gasteiger charge is 2.37. The summed E-state index contributed by atoms with van der Waals surface area (Å²) >= 11 is 0. The minimum atomic E-state index is -4.46. The summed E-state index contributed by atoms with van der Waals surface area (Å²) < 4.78 is 39.5. The van der Waals surface area contributed by atoms with E-state index in [0.29, 0.717) is 25.9 Å². The number of pyridine rings is 1. The van der Waals surface area contributed by atoms with Crippen LogP contribution in [0.3, 0.4) is 0 Å². The number of hydrogen-bond donors (Lipinski definition) is 2. The first-order chi connectivity index (χ1) is 11.3.